The minimum atomic E-state index is 0.0100. The van der Waals surface area contributed by atoms with Crippen LogP contribution in [0, 0.1) is 6.92 Å². The Morgan fingerprint density at radius 3 is 2.53 bits per heavy atom. The first kappa shape index (κ1) is 25.5. The zero-order valence-electron chi connectivity index (χ0n) is 22.0. The summed E-state index contributed by atoms with van der Waals surface area (Å²) in [6.45, 7) is 4.19. The second-order valence-corrected chi connectivity index (χ2v) is 9.76. The molecule has 5 aromatic rings. The van der Waals surface area contributed by atoms with Gasteiger partial charge >= 0.3 is 0 Å². The monoisotopic (exact) mass is 505 g/mol. The van der Waals surface area contributed by atoms with Crippen LogP contribution in [0.2, 0.25) is 0 Å². The molecule has 0 bridgehead atoms. The molecule has 1 amide bonds. The van der Waals surface area contributed by atoms with Gasteiger partial charge in [0.05, 0.1) is 17.6 Å². The minimum Gasteiger partial charge on any atom is -0.494 e. The van der Waals surface area contributed by atoms with E-state index in [1.807, 2.05) is 43.3 Å². The van der Waals surface area contributed by atoms with Crippen LogP contribution >= 0.6 is 0 Å². The number of nitrogens with zero attached hydrogens (tertiary/aromatic N) is 2. The van der Waals surface area contributed by atoms with Gasteiger partial charge in [0.1, 0.15) is 11.6 Å². The molecule has 0 aliphatic rings. The Morgan fingerprint density at radius 2 is 1.63 bits per heavy atom. The third-order valence-electron chi connectivity index (χ3n) is 7.00. The summed E-state index contributed by atoms with van der Waals surface area (Å²) in [7, 11) is 0. The molecule has 0 spiro atoms. The number of hydrogen-bond donors (Lipinski definition) is 1. The second kappa shape index (κ2) is 12.4. The lowest BCUT2D eigenvalue weighted by atomic mass is 10.1. The molecular weight excluding hydrogens is 470 g/mol. The Bertz CT molecular complexity index is 1520. The van der Waals surface area contributed by atoms with Crippen molar-refractivity contribution >= 4 is 27.7 Å². The highest BCUT2D eigenvalue weighted by Crippen LogP contribution is 2.22. The van der Waals surface area contributed by atoms with Crippen LogP contribution in [0.4, 0.5) is 0 Å². The molecule has 5 heteroatoms. The summed E-state index contributed by atoms with van der Waals surface area (Å²) < 4.78 is 8.43. The van der Waals surface area contributed by atoms with E-state index in [9.17, 15) is 4.79 Å². The fraction of sp³-hybridized carbons (Fsp3) is 0.273. The lowest BCUT2D eigenvalue weighted by Crippen LogP contribution is -2.25. The van der Waals surface area contributed by atoms with Crippen molar-refractivity contribution in [1.29, 1.82) is 0 Å². The topological polar surface area (TPSA) is 56.2 Å². The van der Waals surface area contributed by atoms with Gasteiger partial charge in [-0.3, -0.25) is 4.79 Å². The number of imidazole rings is 1. The van der Waals surface area contributed by atoms with E-state index in [4.69, 9.17) is 9.72 Å². The molecule has 0 radical (unpaired) electrons. The summed E-state index contributed by atoms with van der Waals surface area (Å²) in [5.74, 6) is 2.05. The van der Waals surface area contributed by atoms with Gasteiger partial charge in [0.2, 0.25) is 0 Å². The smallest absolute Gasteiger partial charge is 0.251 e. The number of carbonyl (C=O) groups excluding carboxylic acids is 1. The largest absolute Gasteiger partial charge is 0.494 e. The van der Waals surface area contributed by atoms with Gasteiger partial charge in [-0.05, 0) is 72.9 Å². The Hall–Kier alpha value is -4.12. The highest BCUT2D eigenvalue weighted by atomic mass is 16.5. The standard InChI is InChI=1S/C33H35N3O2/c1-25-12-4-7-15-29(25)33(37)34-21-10-2-3-18-32-35-30-16-8-9-17-31(30)36(32)22-11-23-38-28-20-19-26-13-5-6-14-27(26)24-28/h4-9,12-17,19-20,24H,2-3,10-11,18,21-23H2,1H3,(H,34,37). The molecule has 1 heterocycles. The number of unbranched alkanes of at least 4 members (excludes halogenated alkanes) is 2. The molecule has 1 N–H and O–H groups in total. The average Bonchev–Trinajstić information content (AvgIpc) is 3.30. The van der Waals surface area contributed by atoms with Crippen molar-refractivity contribution in [3.05, 3.63) is 108 Å². The van der Waals surface area contributed by atoms with Gasteiger partial charge in [-0.15, -0.1) is 0 Å². The maximum atomic E-state index is 12.4. The quantitative estimate of drug-likeness (QED) is 0.184. The molecule has 0 aliphatic heterocycles. The molecule has 194 valence electrons. The number of fused-ring (bicyclic) bond motifs is 2. The first-order valence-corrected chi connectivity index (χ1v) is 13.6. The van der Waals surface area contributed by atoms with E-state index in [0.717, 1.165) is 66.9 Å². The highest BCUT2D eigenvalue weighted by Gasteiger charge is 2.11. The van der Waals surface area contributed by atoms with Gasteiger partial charge < -0.3 is 14.6 Å². The molecule has 0 saturated carbocycles. The van der Waals surface area contributed by atoms with E-state index >= 15 is 0 Å². The van der Waals surface area contributed by atoms with Crippen LogP contribution in [0.25, 0.3) is 21.8 Å². The van der Waals surface area contributed by atoms with E-state index in [2.05, 4.69) is 64.5 Å². The number of rotatable bonds is 12. The summed E-state index contributed by atoms with van der Waals surface area (Å²) in [6, 6.07) is 30.7. The van der Waals surface area contributed by atoms with E-state index in [-0.39, 0.29) is 5.91 Å². The number of ether oxygens (including phenoxy) is 1. The SMILES string of the molecule is Cc1ccccc1C(=O)NCCCCCc1nc2ccccc2n1CCCOc1ccc2ccccc2c1. The van der Waals surface area contributed by atoms with Crippen LogP contribution in [-0.2, 0) is 13.0 Å². The third kappa shape index (κ3) is 6.23. The predicted molar refractivity (Wildman–Crippen MR) is 155 cm³/mol. The number of hydrogen-bond acceptors (Lipinski definition) is 3. The number of nitrogens with one attached hydrogen (secondary N) is 1. The van der Waals surface area contributed by atoms with Gasteiger partial charge in [0.15, 0.2) is 0 Å². The molecular formula is C33H35N3O2. The molecule has 0 fully saturated rings. The van der Waals surface area contributed by atoms with Crippen LogP contribution < -0.4 is 10.1 Å². The molecule has 0 aliphatic carbocycles. The summed E-state index contributed by atoms with van der Waals surface area (Å²) in [5.41, 5.74) is 3.99. The van der Waals surface area contributed by atoms with Crippen LogP contribution in [0.3, 0.4) is 0 Å². The van der Waals surface area contributed by atoms with Crippen molar-refractivity contribution in [2.75, 3.05) is 13.2 Å². The predicted octanol–water partition coefficient (Wildman–Crippen LogP) is 7.11. The van der Waals surface area contributed by atoms with Crippen molar-refractivity contribution in [3.8, 4) is 5.75 Å². The number of aromatic nitrogens is 2. The van der Waals surface area contributed by atoms with Crippen LogP contribution in [0.15, 0.2) is 91.0 Å². The average molecular weight is 506 g/mol. The first-order chi connectivity index (χ1) is 18.7. The van der Waals surface area contributed by atoms with E-state index < -0.39 is 0 Å². The fourth-order valence-corrected chi connectivity index (χ4v) is 4.95. The summed E-state index contributed by atoms with van der Waals surface area (Å²) >= 11 is 0. The minimum absolute atomic E-state index is 0.0100. The number of carbonyl (C=O) groups is 1. The van der Waals surface area contributed by atoms with Gasteiger partial charge in [-0.25, -0.2) is 4.98 Å². The van der Waals surface area contributed by atoms with Crippen molar-refractivity contribution in [2.24, 2.45) is 0 Å². The number of amides is 1. The number of benzene rings is 4. The molecule has 5 nitrogen and oxygen atoms in total. The molecule has 0 unspecified atom stereocenters. The van der Waals surface area contributed by atoms with Gasteiger partial charge in [-0.1, -0.05) is 67.1 Å². The lowest BCUT2D eigenvalue weighted by Gasteiger charge is -2.11. The third-order valence-corrected chi connectivity index (χ3v) is 7.00. The van der Waals surface area contributed by atoms with Crippen molar-refractivity contribution in [3.63, 3.8) is 0 Å². The van der Waals surface area contributed by atoms with E-state index in [1.165, 1.54) is 16.3 Å². The normalized spacial score (nSPS) is 11.2. The van der Waals surface area contributed by atoms with Gasteiger partial charge in [0.25, 0.3) is 5.91 Å². The summed E-state index contributed by atoms with van der Waals surface area (Å²) in [6.07, 6.45) is 4.87. The van der Waals surface area contributed by atoms with Crippen LogP contribution in [0.5, 0.6) is 5.75 Å². The molecule has 0 saturated heterocycles. The second-order valence-electron chi connectivity index (χ2n) is 9.76. The Kier molecular flexibility index (Phi) is 8.34. The summed E-state index contributed by atoms with van der Waals surface area (Å²) in [5, 5.41) is 5.48. The maximum Gasteiger partial charge on any atom is 0.251 e. The lowest BCUT2D eigenvalue weighted by molar-refractivity contribution is 0.0952. The number of aryl methyl sites for hydroxylation is 3. The van der Waals surface area contributed by atoms with Crippen LogP contribution in [0.1, 0.15) is 47.4 Å². The molecule has 5 rings (SSSR count). The zero-order valence-corrected chi connectivity index (χ0v) is 22.0. The van der Waals surface area contributed by atoms with Crippen molar-refractivity contribution in [1.82, 2.24) is 14.9 Å². The van der Waals surface area contributed by atoms with Crippen molar-refractivity contribution < 1.29 is 9.53 Å². The maximum absolute atomic E-state index is 12.4. The Morgan fingerprint density at radius 1 is 0.842 bits per heavy atom. The summed E-state index contributed by atoms with van der Waals surface area (Å²) in [4.78, 5) is 17.3. The van der Waals surface area contributed by atoms with E-state index in [1.54, 1.807) is 0 Å². The molecule has 0 atom stereocenters. The number of para-hydroxylation sites is 2. The van der Waals surface area contributed by atoms with Gasteiger partial charge in [-0.2, -0.15) is 0 Å². The molecule has 1 aromatic heterocycles. The first-order valence-electron chi connectivity index (χ1n) is 13.6. The van der Waals surface area contributed by atoms with E-state index in [0.29, 0.717) is 13.2 Å². The van der Waals surface area contributed by atoms with Gasteiger partial charge in [0, 0.05) is 25.1 Å². The molecule has 38 heavy (non-hydrogen) atoms. The fourth-order valence-electron chi connectivity index (χ4n) is 4.95. The Labute approximate surface area is 224 Å². The van der Waals surface area contributed by atoms with Crippen LogP contribution in [-0.4, -0.2) is 28.6 Å². The molecule has 4 aromatic carbocycles. The zero-order chi connectivity index (χ0) is 26.2. The van der Waals surface area contributed by atoms with Crippen molar-refractivity contribution in [2.45, 2.75) is 45.6 Å². The Balaban J connectivity index is 1.11. The highest BCUT2D eigenvalue weighted by molar-refractivity contribution is 5.95.